The third kappa shape index (κ3) is 3.85. The molecule has 0 saturated carbocycles. The second-order valence-electron chi connectivity index (χ2n) is 6.69. The first kappa shape index (κ1) is 20.6. The van der Waals surface area contributed by atoms with Crippen molar-refractivity contribution in [2.24, 2.45) is 16.3 Å². The highest BCUT2D eigenvalue weighted by atomic mass is 35.5. The van der Waals surface area contributed by atoms with Crippen LogP contribution < -0.4 is 11.1 Å². The number of carbonyl (C=O) groups excluding carboxylic acids is 4. The van der Waals surface area contributed by atoms with Crippen LogP contribution in [0.25, 0.3) is 0 Å². The molecule has 9 nitrogen and oxygen atoms in total. The first-order chi connectivity index (χ1) is 13.1. The third-order valence-corrected chi connectivity index (χ3v) is 6.23. The van der Waals surface area contributed by atoms with Crippen LogP contribution in [0.3, 0.4) is 0 Å². The monoisotopic (exact) mass is 445 g/mol. The van der Waals surface area contributed by atoms with Crippen LogP contribution in [-0.2, 0) is 14.4 Å². The minimum atomic E-state index is -1.07. The van der Waals surface area contributed by atoms with Gasteiger partial charge in [-0.05, 0) is 6.07 Å². The van der Waals surface area contributed by atoms with Crippen LogP contribution >= 0.6 is 34.5 Å². The second kappa shape index (κ2) is 7.69. The average Bonchev–Trinajstić information content (AvgIpc) is 2.93. The van der Waals surface area contributed by atoms with Crippen LogP contribution in [0.1, 0.15) is 23.2 Å². The number of hydrogen-bond acceptors (Lipinski definition) is 6. The van der Waals surface area contributed by atoms with Crippen molar-refractivity contribution in [1.82, 2.24) is 15.2 Å². The molecule has 0 bridgehead atoms. The Morgan fingerprint density at radius 3 is 2.54 bits per heavy atom. The Morgan fingerprint density at radius 1 is 1.32 bits per heavy atom. The number of halogens is 2. The van der Waals surface area contributed by atoms with Gasteiger partial charge in [0, 0.05) is 39.5 Å². The number of hydrazone groups is 1. The number of carbonyl (C=O) groups is 4. The summed E-state index contributed by atoms with van der Waals surface area (Å²) in [4.78, 5) is 49.6. The number of hydrogen-bond donors (Lipinski definition) is 2. The molecule has 1 saturated heterocycles. The molecular formula is C16H17Cl2N5O4S. The molecular weight excluding hydrogens is 429 g/mol. The highest BCUT2D eigenvalue weighted by Gasteiger charge is 2.50. The number of thiophene rings is 1. The highest BCUT2D eigenvalue weighted by molar-refractivity contribution is 7.20. The zero-order chi connectivity index (χ0) is 20.6. The molecule has 0 unspecified atom stereocenters. The number of nitrogens with zero attached hydrogens (tertiary/aromatic N) is 3. The summed E-state index contributed by atoms with van der Waals surface area (Å²) in [5.41, 5.74) is 4.91. The first-order valence-electron chi connectivity index (χ1n) is 8.29. The molecule has 3 rings (SSSR count). The predicted molar refractivity (Wildman–Crippen MR) is 104 cm³/mol. The number of nitrogens with two attached hydrogens (primary N) is 1. The Kier molecular flexibility index (Phi) is 5.64. The Hall–Kier alpha value is -2.17. The van der Waals surface area contributed by atoms with Crippen molar-refractivity contribution in [2.45, 2.75) is 12.8 Å². The molecule has 1 fully saturated rings. The normalized spacial score (nSPS) is 18.4. The van der Waals surface area contributed by atoms with Gasteiger partial charge in [0.15, 0.2) is 0 Å². The Labute approximate surface area is 174 Å². The van der Waals surface area contributed by atoms with E-state index in [1.807, 2.05) is 0 Å². The molecule has 2 aliphatic heterocycles. The summed E-state index contributed by atoms with van der Waals surface area (Å²) in [5.74, 6) is -1.62. The van der Waals surface area contributed by atoms with E-state index >= 15 is 0 Å². The number of amides is 4. The van der Waals surface area contributed by atoms with Gasteiger partial charge in [-0.1, -0.05) is 23.2 Å². The molecule has 0 radical (unpaired) electrons. The van der Waals surface area contributed by atoms with Crippen molar-refractivity contribution in [3.05, 3.63) is 20.3 Å². The molecule has 0 aliphatic carbocycles. The molecule has 0 atom stereocenters. The lowest BCUT2D eigenvalue weighted by atomic mass is 9.78. The summed E-state index contributed by atoms with van der Waals surface area (Å²) in [6.07, 6.45) is 0.413. The molecule has 1 aromatic heterocycles. The van der Waals surface area contributed by atoms with Gasteiger partial charge in [-0.15, -0.1) is 11.3 Å². The van der Waals surface area contributed by atoms with Gasteiger partial charge >= 0.3 is 0 Å². The highest BCUT2D eigenvalue weighted by Crippen LogP contribution is 2.36. The molecule has 0 spiro atoms. The first-order valence-corrected chi connectivity index (χ1v) is 9.86. The van der Waals surface area contributed by atoms with Gasteiger partial charge in [-0.25, -0.2) is 5.01 Å². The van der Waals surface area contributed by atoms with E-state index in [9.17, 15) is 19.2 Å². The lowest BCUT2D eigenvalue weighted by Gasteiger charge is -2.47. The maximum atomic E-state index is 12.5. The molecule has 3 N–H and O–H groups in total. The van der Waals surface area contributed by atoms with Gasteiger partial charge in [-0.3, -0.25) is 19.2 Å². The third-order valence-electron chi connectivity index (χ3n) is 4.74. The summed E-state index contributed by atoms with van der Waals surface area (Å²) < 4.78 is 0.660. The van der Waals surface area contributed by atoms with E-state index in [0.717, 1.165) is 16.3 Å². The summed E-state index contributed by atoms with van der Waals surface area (Å²) in [5, 5.41) is 7.68. The summed E-state index contributed by atoms with van der Waals surface area (Å²) in [6, 6.07) is 1.47. The number of likely N-dealkylation sites (tertiary alicyclic amines) is 1. The van der Waals surface area contributed by atoms with Gasteiger partial charge in [0.05, 0.1) is 9.90 Å². The summed E-state index contributed by atoms with van der Waals surface area (Å²) in [6.45, 7) is 0.0615. The lowest BCUT2D eigenvalue weighted by molar-refractivity contribution is -0.136. The van der Waals surface area contributed by atoms with Crippen molar-refractivity contribution in [1.29, 1.82) is 0 Å². The molecule has 1 aromatic rings. The van der Waals surface area contributed by atoms with Crippen LogP contribution in [0, 0.1) is 5.41 Å². The van der Waals surface area contributed by atoms with Crippen molar-refractivity contribution in [2.75, 3.05) is 26.7 Å². The molecule has 4 amide bonds. The van der Waals surface area contributed by atoms with E-state index in [1.54, 1.807) is 0 Å². The largest absolute Gasteiger partial charge is 0.369 e. The fourth-order valence-electron chi connectivity index (χ4n) is 3.02. The van der Waals surface area contributed by atoms with Crippen LogP contribution in [-0.4, -0.2) is 65.9 Å². The van der Waals surface area contributed by atoms with Crippen LogP contribution in [0.5, 0.6) is 0 Å². The van der Waals surface area contributed by atoms with Crippen LogP contribution in [0.15, 0.2) is 11.2 Å². The van der Waals surface area contributed by atoms with Gasteiger partial charge in [-0.2, -0.15) is 5.10 Å². The smallest absolute Gasteiger partial charge is 0.267 e. The van der Waals surface area contributed by atoms with Crippen LogP contribution in [0.4, 0.5) is 0 Å². The predicted octanol–water partition coefficient (Wildman–Crippen LogP) is 0.707. The molecule has 3 heterocycles. The minimum absolute atomic E-state index is 0.0419. The van der Waals surface area contributed by atoms with Gasteiger partial charge < -0.3 is 16.0 Å². The lowest BCUT2D eigenvalue weighted by Crippen LogP contribution is -2.67. The number of rotatable bonds is 5. The SMILES string of the molecule is CN1N=C(C(=O)NCC2(C(N)=O)CN(C(=O)c3cc(Cl)sc3Cl)C2)CCC1=O. The number of nitrogens with one attached hydrogen (secondary N) is 1. The standard InChI is InChI=1S/C16H17Cl2N5O4S/c1-22-11(24)3-2-9(21-22)13(25)20-5-16(15(19)27)6-23(7-16)14(26)8-4-10(17)28-12(8)18/h4H,2-3,5-7H2,1H3,(H2,19,27)(H,20,25). The van der Waals surface area contributed by atoms with Crippen molar-refractivity contribution in [3.8, 4) is 0 Å². The van der Waals surface area contributed by atoms with E-state index in [0.29, 0.717) is 4.34 Å². The van der Waals surface area contributed by atoms with E-state index in [2.05, 4.69) is 10.4 Å². The molecule has 12 heteroatoms. The van der Waals surface area contributed by atoms with Gasteiger partial charge in [0.25, 0.3) is 11.8 Å². The molecule has 2 aliphatic rings. The second-order valence-corrected chi connectivity index (χ2v) is 8.98. The Bertz CT molecular complexity index is 894. The topological polar surface area (TPSA) is 125 Å². The quantitative estimate of drug-likeness (QED) is 0.691. The van der Waals surface area contributed by atoms with E-state index in [-0.39, 0.29) is 59.9 Å². The Balaban J connectivity index is 1.62. The molecule has 150 valence electrons. The van der Waals surface area contributed by atoms with E-state index in [4.69, 9.17) is 28.9 Å². The van der Waals surface area contributed by atoms with Crippen molar-refractivity contribution >= 4 is 63.9 Å². The van der Waals surface area contributed by atoms with Crippen LogP contribution in [0.2, 0.25) is 8.67 Å². The maximum absolute atomic E-state index is 12.5. The summed E-state index contributed by atoms with van der Waals surface area (Å²) >= 11 is 13.0. The fraction of sp³-hybridized carbons (Fsp3) is 0.438. The van der Waals surface area contributed by atoms with Crippen molar-refractivity contribution in [3.63, 3.8) is 0 Å². The zero-order valence-electron chi connectivity index (χ0n) is 14.8. The fourth-order valence-corrected chi connectivity index (χ4v) is 4.47. The van der Waals surface area contributed by atoms with E-state index < -0.39 is 17.2 Å². The van der Waals surface area contributed by atoms with E-state index in [1.165, 1.54) is 18.0 Å². The minimum Gasteiger partial charge on any atom is -0.369 e. The van der Waals surface area contributed by atoms with Crippen molar-refractivity contribution < 1.29 is 19.2 Å². The molecule has 0 aromatic carbocycles. The van der Waals surface area contributed by atoms with Gasteiger partial charge in [0.2, 0.25) is 11.8 Å². The maximum Gasteiger partial charge on any atom is 0.267 e. The number of primary amides is 1. The zero-order valence-corrected chi connectivity index (χ0v) is 17.2. The summed E-state index contributed by atoms with van der Waals surface area (Å²) in [7, 11) is 1.47. The Morgan fingerprint density at radius 2 is 2.00 bits per heavy atom. The van der Waals surface area contributed by atoms with Gasteiger partial charge in [0.1, 0.15) is 15.5 Å². The average molecular weight is 446 g/mol. The molecule has 28 heavy (non-hydrogen) atoms.